The summed E-state index contributed by atoms with van der Waals surface area (Å²) in [6.07, 6.45) is 2.53. The first-order valence-corrected chi connectivity index (χ1v) is 4.43. The van der Waals surface area contributed by atoms with E-state index in [2.05, 4.69) is 0 Å². The Bertz CT molecular complexity index is 108. The van der Waals surface area contributed by atoms with Crippen LogP contribution in [-0.2, 0) is 0 Å². The Hall–Kier alpha value is -0.380. The molecule has 0 fully saturated rings. The molecule has 10 heavy (non-hydrogen) atoms. The molecule has 0 bridgehead atoms. The van der Waals surface area contributed by atoms with Crippen molar-refractivity contribution in [2.75, 3.05) is 12.8 Å². The van der Waals surface area contributed by atoms with E-state index in [0.717, 1.165) is 12.8 Å². The van der Waals surface area contributed by atoms with Crippen molar-refractivity contribution in [3.8, 4) is 0 Å². The molecule has 1 amide bonds. The van der Waals surface area contributed by atoms with E-state index >= 15 is 0 Å². The van der Waals surface area contributed by atoms with Crippen LogP contribution in [0.25, 0.3) is 0 Å². The van der Waals surface area contributed by atoms with E-state index in [1.165, 1.54) is 16.3 Å². The largest absolute Gasteiger partial charge is 0.529 e. The second kappa shape index (κ2) is 5.41. The van der Waals surface area contributed by atoms with Gasteiger partial charge >= 0.3 is 0 Å². The molecular formula is C6H12NO2S-. The van der Waals surface area contributed by atoms with Crippen LogP contribution in [0.4, 0.5) is 4.79 Å². The normalized spacial score (nSPS) is 9.40. The number of nitrogens with zero attached hydrogens (tertiary/aromatic N) is 1. The predicted molar refractivity (Wildman–Crippen MR) is 40.5 cm³/mol. The van der Waals surface area contributed by atoms with E-state index in [0.29, 0.717) is 6.54 Å². The Balaban J connectivity index is 3.50. The van der Waals surface area contributed by atoms with Crippen LogP contribution in [0.3, 0.4) is 0 Å². The third-order valence-electron chi connectivity index (χ3n) is 1.14. The Kier molecular flexibility index (Phi) is 5.20. The van der Waals surface area contributed by atoms with Crippen LogP contribution in [0.15, 0.2) is 0 Å². The van der Waals surface area contributed by atoms with E-state index in [4.69, 9.17) is 0 Å². The fraction of sp³-hybridized carbons (Fsp3) is 0.833. The van der Waals surface area contributed by atoms with Crippen molar-refractivity contribution in [1.82, 2.24) is 4.31 Å². The molecule has 0 spiro atoms. The quantitative estimate of drug-likeness (QED) is 0.572. The number of hydrogen-bond donors (Lipinski definition) is 0. The van der Waals surface area contributed by atoms with Gasteiger partial charge in [-0.15, -0.1) is 0 Å². The second-order valence-electron chi connectivity index (χ2n) is 1.90. The number of hydrogen-bond acceptors (Lipinski definition) is 3. The second-order valence-corrected chi connectivity index (χ2v) is 2.71. The van der Waals surface area contributed by atoms with Gasteiger partial charge in [-0.25, -0.2) is 0 Å². The molecule has 0 aromatic carbocycles. The van der Waals surface area contributed by atoms with E-state index in [-0.39, 0.29) is 0 Å². The Morgan fingerprint density at radius 1 is 1.70 bits per heavy atom. The topological polar surface area (TPSA) is 43.4 Å². The van der Waals surface area contributed by atoms with Crippen molar-refractivity contribution in [3.05, 3.63) is 0 Å². The summed E-state index contributed by atoms with van der Waals surface area (Å²) in [5.74, 6) is 0. The summed E-state index contributed by atoms with van der Waals surface area (Å²) in [4.78, 5) is 10.2. The molecule has 0 heterocycles. The Morgan fingerprint density at radius 2 is 2.30 bits per heavy atom. The Morgan fingerprint density at radius 3 is 2.60 bits per heavy atom. The molecule has 0 aliphatic rings. The average molecular weight is 162 g/mol. The van der Waals surface area contributed by atoms with Crippen molar-refractivity contribution in [2.45, 2.75) is 19.8 Å². The van der Waals surface area contributed by atoms with Crippen LogP contribution in [0.5, 0.6) is 0 Å². The maximum Gasteiger partial charge on any atom is 0.147 e. The molecule has 0 radical (unpaired) electrons. The first kappa shape index (κ1) is 9.62. The molecule has 60 valence electrons. The molecule has 0 aliphatic carbocycles. The minimum absolute atomic E-state index is 0.569. The lowest BCUT2D eigenvalue weighted by Crippen LogP contribution is -2.36. The molecule has 0 aromatic heterocycles. The number of rotatable bonds is 4. The molecule has 0 atom stereocenters. The van der Waals surface area contributed by atoms with Crippen molar-refractivity contribution in [3.63, 3.8) is 0 Å². The molecule has 0 N–H and O–H groups in total. The van der Waals surface area contributed by atoms with Gasteiger partial charge in [-0.1, -0.05) is 25.3 Å². The van der Waals surface area contributed by atoms with Gasteiger partial charge in [-0.3, -0.25) is 0 Å². The van der Waals surface area contributed by atoms with Crippen molar-refractivity contribution in [1.29, 1.82) is 0 Å². The van der Waals surface area contributed by atoms with Crippen LogP contribution < -0.4 is 5.11 Å². The third kappa shape index (κ3) is 3.61. The fourth-order valence-electron chi connectivity index (χ4n) is 0.559. The van der Waals surface area contributed by atoms with Crippen LogP contribution >= 0.6 is 11.9 Å². The molecule has 0 saturated carbocycles. The van der Waals surface area contributed by atoms with E-state index in [1.807, 2.05) is 6.92 Å². The minimum Gasteiger partial charge on any atom is -0.529 e. The Labute approximate surface area is 65.5 Å². The summed E-state index contributed by atoms with van der Waals surface area (Å²) in [7, 11) is 0. The molecule has 3 nitrogen and oxygen atoms in total. The van der Waals surface area contributed by atoms with E-state index < -0.39 is 6.09 Å². The zero-order valence-electron chi connectivity index (χ0n) is 6.29. The van der Waals surface area contributed by atoms with Gasteiger partial charge in [0.1, 0.15) is 6.09 Å². The lowest BCUT2D eigenvalue weighted by molar-refractivity contribution is -0.258. The standard InChI is InChI=1S/C6H13NO2S/c1-3-4-5-7(10-2)6(8)9/h3-5H2,1-2H3,(H,8,9)/p-1. The number of carbonyl (C=O) groups is 1. The molecule has 4 heteroatoms. The van der Waals surface area contributed by atoms with Gasteiger partial charge < -0.3 is 14.2 Å². The van der Waals surface area contributed by atoms with Crippen molar-refractivity contribution < 1.29 is 9.90 Å². The zero-order chi connectivity index (χ0) is 7.98. The summed E-state index contributed by atoms with van der Waals surface area (Å²) in [5, 5.41) is 10.2. The number of unbranched alkanes of at least 4 members (excludes halogenated alkanes) is 1. The highest BCUT2D eigenvalue weighted by Gasteiger charge is 1.99. The van der Waals surface area contributed by atoms with Gasteiger partial charge in [-0.05, 0) is 6.42 Å². The van der Waals surface area contributed by atoms with Crippen molar-refractivity contribution in [2.24, 2.45) is 0 Å². The van der Waals surface area contributed by atoms with Crippen LogP contribution in [0.1, 0.15) is 19.8 Å². The van der Waals surface area contributed by atoms with Crippen LogP contribution in [-0.4, -0.2) is 23.2 Å². The summed E-state index contributed by atoms with van der Waals surface area (Å²) in [6, 6.07) is 0. The SMILES string of the molecule is CCCCN(SC)C(=O)[O-]. The number of carbonyl (C=O) groups excluding carboxylic acids is 1. The van der Waals surface area contributed by atoms with Gasteiger partial charge in [0, 0.05) is 12.8 Å². The first-order valence-electron chi connectivity index (χ1n) is 3.25. The van der Waals surface area contributed by atoms with E-state index in [9.17, 15) is 9.90 Å². The highest BCUT2D eigenvalue weighted by atomic mass is 32.2. The minimum atomic E-state index is -1.10. The highest BCUT2D eigenvalue weighted by molar-refractivity contribution is 7.96. The summed E-state index contributed by atoms with van der Waals surface area (Å²) in [6.45, 7) is 2.59. The maximum absolute atomic E-state index is 10.2. The van der Waals surface area contributed by atoms with Gasteiger partial charge in [0.05, 0.1) is 0 Å². The van der Waals surface area contributed by atoms with E-state index in [1.54, 1.807) is 6.26 Å². The zero-order valence-corrected chi connectivity index (χ0v) is 7.11. The molecule has 0 aliphatic heterocycles. The van der Waals surface area contributed by atoms with Gasteiger partial charge in [0.25, 0.3) is 0 Å². The van der Waals surface area contributed by atoms with Gasteiger partial charge in [0.2, 0.25) is 0 Å². The fourth-order valence-corrected chi connectivity index (χ4v) is 1.02. The summed E-state index contributed by atoms with van der Waals surface area (Å²) in [5.41, 5.74) is 0. The lowest BCUT2D eigenvalue weighted by Gasteiger charge is -2.20. The third-order valence-corrected chi connectivity index (χ3v) is 1.91. The average Bonchev–Trinajstić information content (AvgIpc) is 1.89. The molecule has 0 unspecified atom stereocenters. The summed E-state index contributed by atoms with van der Waals surface area (Å²) < 4.78 is 1.23. The van der Waals surface area contributed by atoms with Gasteiger partial charge in [-0.2, -0.15) is 0 Å². The molecule has 0 aromatic rings. The highest BCUT2D eigenvalue weighted by Crippen LogP contribution is 2.05. The first-order chi connectivity index (χ1) is 4.72. The lowest BCUT2D eigenvalue weighted by atomic mass is 10.3. The maximum atomic E-state index is 10.2. The molecule has 0 rings (SSSR count). The van der Waals surface area contributed by atoms with Gasteiger partial charge in [0.15, 0.2) is 0 Å². The monoisotopic (exact) mass is 162 g/mol. The molecule has 0 saturated heterocycles. The van der Waals surface area contributed by atoms with Crippen LogP contribution in [0, 0.1) is 0 Å². The molecular weight excluding hydrogens is 150 g/mol. The predicted octanol–water partition coefficient (Wildman–Crippen LogP) is 0.710. The smallest absolute Gasteiger partial charge is 0.147 e. The number of carboxylic acid groups (broad SMARTS) is 1. The van der Waals surface area contributed by atoms with Crippen molar-refractivity contribution >= 4 is 18.0 Å². The number of amides is 1. The summed E-state index contributed by atoms with van der Waals surface area (Å²) >= 11 is 1.19. The van der Waals surface area contributed by atoms with Crippen LogP contribution in [0.2, 0.25) is 0 Å².